The Labute approximate surface area is 628 Å². The summed E-state index contributed by atoms with van der Waals surface area (Å²) >= 11 is 1.33. The minimum Gasteiger partial charge on any atom is -0.508 e. The number of amides is 6. The fourth-order valence-electron chi connectivity index (χ4n) is 12.3. The minimum absolute atomic E-state index is 0.00507. The Morgan fingerprint density at radius 2 is 0.811 bits per heavy atom. The first kappa shape index (κ1) is 96.0. The molecule has 0 saturated heterocycles. The van der Waals surface area contributed by atoms with Crippen LogP contribution in [0, 0.1) is 47.3 Å². The quantitative estimate of drug-likeness (QED) is 0.0243. The van der Waals surface area contributed by atoms with Gasteiger partial charge in [-0.3, -0.25) is 72.3 Å². The van der Waals surface area contributed by atoms with Gasteiger partial charge in [0.2, 0.25) is 35.4 Å². The molecule has 1 aromatic carbocycles. The van der Waals surface area contributed by atoms with Gasteiger partial charge in [-0.1, -0.05) is 52.7 Å². The number of carbonyl (C=O) groups is 13. The van der Waals surface area contributed by atoms with Gasteiger partial charge in [0.1, 0.15) is 11.8 Å². The second-order valence-electron chi connectivity index (χ2n) is 28.4. The summed E-state index contributed by atoms with van der Waals surface area (Å²) in [4.78, 5) is 190. The van der Waals surface area contributed by atoms with Crippen molar-refractivity contribution in [1.29, 1.82) is 0 Å². The van der Waals surface area contributed by atoms with Gasteiger partial charge in [-0.15, -0.1) is 0 Å². The van der Waals surface area contributed by atoms with Gasteiger partial charge >= 0.3 is 5.97 Å². The van der Waals surface area contributed by atoms with Crippen LogP contribution in [0.2, 0.25) is 0 Å². The highest BCUT2D eigenvalue weighted by Gasteiger charge is 2.38. The summed E-state index contributed by atoms with van der Waals surface area (Å²) < 4.78 is 0. The zero-order valence-corrected chi connectivity index (χ0v) is 64.2. The van der Waals surface area contributed by atoms with E-state index in [9.17, 15) is 77.6 Å². The maximum atomic E-state index is 14.6. The van der Waals surface area contributed by atoms with Gasteiger partial charge in [0.05, 0.1) is 49.2 Å². The van der Waals surface area contributed by atoms with Gasteiger partial charge < -0.3 is 93.1 Å². The average Bonchev–Trinajstić information content (AvgIpc) is 0.857. The van der Waals surface area contributed by atoms with Gasteiger partial charge in [0.15, 0.2) is 46.6 Å². The largest absolute Gasteiger partial charge is 0.508 e. The molecule has 0 aliphatic rings. The molecule has 0 aromatic heterocycles. The standard InChI is InChI=1S/C73H126N16O16S/c1-43(2)32-50(66(77)100)38-61(94)56(20-15-30-84-73(80)81)87-70(104)51(34-46-21-23-53(91)24-22-46)40-62(95)55(19-10-13-28-76)86-71(105)52(41-65(98)99)39-59(92)45(5)85-67(101)49(25-31-106-7)37-64(97)58(42-90)89-69(103)48(17-14-29-83-72(78)79)36-63(96)57(33-44(3)4)88-68(102)47(16-8-11-26-74)35-60(93)54(82-6)18-9-12-27-75/h21-24,43-45,47-52,54-58,82,90-91H,8-20,25-42,74-76H2,1-7H3,(H2,77,100)(H,85,101)(H,86,105)(H,87,104)(H,88,102)(H,89,103)(H,98,99)(H4,78,79,83)(H4,80,81,84)/t45-,47+,48+,49+,50+,51+,52-,54-,55-,56?,57-,58-/m0/s1. The summed E-state index contributed by atoms with van der Waals surface area (Å²) in [7, 11) is 1.67. The maximum absolute atomic E-state index is 14.6. The Kier molecular flexibility index (Phi) is 48.7. The van der Waals surface area contributed by atoms with E-state index in [2.05, 4.69) is 41.9 Å². The number of nitrogens with one attached hydrogen (secondary N) is 6. The normalized spacial score (nSPS) is 14.8. The molecule has 0 aliphatic carbocycles. The number of phenolic OH excluding ortho intramolecular Hbond substituents is 1. The lowest BCUT2D eigenvalue weighted by Gasteiger charge is -2.26. The summed E-state index contributed by atoms with van der Waals surface area (Å²) in [5.74, 6) is -16.7. The summed E-state index contributed by atoms with van der Waals surface area (Å²) in [5, 5.41) is 47.3. The van der Waals surface area contributed by atoms with E-state index in [0.717, 1.165) is 6.42 Å². The monoisotopic (exact) mass is 1510 g/mol. The molecule has 33 heteroatoms. The number of unbranched alkanes of at least 4 members (excludes halogenated alkanes) is 3. The van der Waals surface area contributed by atoms with E-state index in [-0.39, 0.29) is 126 Å². The van der Waals surface area contributed by atoms with Crippen molar-refractivity contribution in [3.05, 3.63) is 29.8 Å². The highest BCUT2D eigenvalue weighted by atomic mass is 32.2. The van der Waals surface area contributed by atoms with Gasteiger partial charge in [0, 0.05) is 81.2 Å². The average molecular weight is 1520 g/mol. The maximum Gasteiger partial charge on any atom is 0.304 e. The molecule has 1 rings (SSSR count). The van der Waals surface area contributed by atoms with E-state index in [1.165, 1.54) is 43.0 Å². The predicted molar refractivity (Wildman–Crippen MR) is 408 cm³/mol. The van der Waals surface area contributed by atoms with Gasteiger partial charge in [-0.25, -0.2) is 0 Å². The number of benzene rings is 1. The van der Waals surface area contributed by atoms with Crippen LogP contribution in [-0.4, -0.2) is 198 Å². The third kappa shape index (κ3) is 40.1. The van der Waals surface area contributed by atoms with Gasteiger partial charge in [-0.2, -0.15) is 11.8 Å². The fraction of sp³-hybridized carbons (Fsp3) is 0.712. The molecular formula is C73H126N16O16S. The summed E-state index contributed by atoms with van der Waals surface area (Å²) in [5.41, 5.74) is 45.7. The van der Waals surface area contributed by atoms with E-state index in [0.29, 0.717) is 69.4 Å². The molecule has 600 valence electrons. The van der Waals surface area contributed by atoms with Crippen LogP contribution in [0.25, 0.3) is 0 Å². The summed E-state index contributed by atoms with van der Waals surface area (Å²) in [6.07, 6.45) is 2.97. The number of carboxylic acids is 1. The number of aliphatic hydroxyl groups is 1. The second-order valence-corrected chi connectivity index (χ2v) is 29.4. The molecule has 6 amide bonds. The predicted octanol–water partition coefficient (Wildman–Crippen LogP) is 0.711. The number of aliphatic hydroxyl groups excluding tert-OH is 1. The van der Waals surface area contributed by atoms with E-state index < -0.39 is 181 Å². The molecule has 0 saturated carbocycles. The number of phenols is 1. The Hall–Kier alpha value is -7.98. The number of aliphatic imine (C=N–C) groups is 2. The second kappa shape index (κ2) is 53.7. The first-order valence-electron chi connectivity index (χ1n) is 37.1. The van der Waals surface area contributed by atoms with Gasteiger partial charge in [-0.05, 0) is 171 Å². The van der Waals surface area contributed by atoms with E-state index in [1.807, 2.05) is 27.7 Å². The van der Waals surface area contributed by atoms with E-state index in [1.54, 1.807) is 13.3 Å². The number of nitrogens with two attached hydrogens (primary N) is 8. The zero-order valence-electron chi connectivity index (χ0n) is 63.4. The van der Waals surface area contributed by atoms with Crippen LogP contribution in [0.15, 0.2) is 34.3 Å². The van der Waals surface area contributed by atoms with Crippen LogP contribution < -0.4 is 77.8 Å². The summed E-state index contributed by atoms with van der Waals surface area (Å²) in [6.45, 7) is 8.94. The molecule has 0 aliphatic heterocycles. The van der Waals surface area contributed by atoms with Crippen LogP contribution in [0.3, 0.4) is 0 Å². The molecule has 25 N–H and O–H groups in total. The van der Waals surface area contributed by atoms with E-state index >= 15 is 0 Å². The number of nitrogens with zero attached hydrogens (tertiary/aromatic N) is 2. The number of rotatable bonds is 62. The molecule has 1 unspecified atom stereocenters. The number of hydrogen-bond donors (Lipinski definition) is 17. The van der Waals surface area contributed by atoms with Crippen LogP contribution in [-0.2, 0) is 68.7 Å². The number of likely N-dealkylation sites (N-methyl/N-ethyl adjacent to an activating group) is 1. The molecule has 1 aromatic rings. The lowest BCUT2D eigenvalue weighted by Crippen LogP contribution is -2.50. The summed E-state index contributed by atoms with van der Waals surface area (Å²) in [6, 6.07) is -1.36. The molecule has 32 nitrogen and oxygen atoms in total. The van der Waals surface area contributed by atoms with Crippen molar-refractivity contribution in [2.45, 2.75) is 225 Å². The van der Waals surface area contributed by atoms with Crippen molar-refractivity contribution in [2.24, 2.45) is 103 Å². The van der Waals surface area contributed by atoms with Crippen molar-refractivity contribution in [3.8, 4) is 5.75 Å². The number of guanidine groups is 2. The van der Waals surface area contributed by atoms with Crippen molar-refractivity contribution in [1.82, 2.24) is 31.9 Å². The fourth-order valence-corrected chi connectivity index (χ4v) is 12.8. The van der Waals surface area contributed by atoms with Crippen LogP contribution in [0.1, 0.15) is 188 Å². The Morgan fingerprint density at radius 3 is 1.27 bits per heavy atom. The molecule has 0 fully saturated rings. The number of aliphatic carboxylic acids is 1. The molecule has 0 bridgehead atoms. The van der Waals surface area contributed by atoms with Crippen LogP contribution in [0.5, 0.6) is 5.75 Å². The lowest BCUT2D eigenvalue weighted by molar-refractivity contribution is -0.143. The highest BCUT2D eigenvalue weighted by Crippen LogP contribution is 2.26. The van der Waals surface area contributed by atoms with Crippen LogP contribution >= 0.6 is 11.8 Å². The van der Waals surface area contributed by atoms with Crippen molar-refractivity contribution in [2.75, 3.05) is 58.4 Å². The van der Waals surface area contributed by atoms with Gasteiger partial charge in [0.25, 0.3) is 0 Å². The van der Waals surface area contributed by atoms with Crippen molar-refractivity contribution < 1.29 is 77.6 Å². The number of thioether (sulfide) groups is 1. The number of Topliss-reactive ketones (excluding diaryl/α,β-unsaturated/α-hetero) is 6. The van der Waals surface area contributed by atoms with E-state index in [4.69, 9.17) is 45.9 Å². The molecule has 106 heavy (non-hydrogen) atoms. The number of carbonyl (C=O) groups excluding carboxylic acids is 12. The number of carboxylic acid groups (broad SMARTS) is 1. The SMILES string of the molecule is CN[C@@H](CCCCN)C(=O)C[C@@H](CCCCN)C(=O)N[C@@H](CC(C)C)C(=O)C[C@@H](CCCN=C(N)N)C(=O)N[C@@H](CO)C(=O)C[C@@H](CCSC)C(=O)N[C@@H](C)C(=O)C[C@@H](CC(=O)O)C(=O)N[C@@H](CCCCN)C(=O)C[C@@H](Cc1ccc(O)cc1)C(=O)NC(CCCN=C(N)N)C(=O)C[C@@H](CC(C)C)C(N)=O. The topological polar surface area (TPSA) is 588 Å². The first-order chi connectivity index (χ1) is 50.1. The molecule has 0 radical (unpaired) electrons. The Balaban J connectivity index is 3.59. The van der Waals surface area contributed by atoms with Crippen molar-refractivity contribution >= 4 is 99.8 Å². The zero-order chi connectivity index (χ0) is 80.0. The molecular weight excluding hydrogens is 1390 g/mol. The first-order valence-corrected chi connectivity index (χ1v) is 38.5. The number of ketones is 6. The lowest BCUT2D eigenvalue weighted by atomic mass is 9.87. The third-order valence-corrected chi connectivity index (χ3v) is 19.0. The molecule has 0 spiro atoms. The van der Waals surface area contributed by atoms with Crippen LogP contribution in [0.4, 0.5) is 0 Å². The number of primary amides is 1. The molecule has 12 atom stereocenters. The Morgan fingerprint density at radius 1 is 0.434 bits per heavy atom. The van der Waals surface area contributed by atoms with Crippen molar-refractivity contribution in [3.63, 3.8) is 0 Å². The number of hydrogen-bond acceptors (Lipinski definition) is 22. The third-order valence-electron chi connectivity index (χ3n) is 18.3. The highest BCUT2D eigenvalue weighted by molar-refractivity contribution is 7.98. The minimum atomic E-state index is -1.62. The molecule has 0 heterocycles. The Bertz CT molecular complexity index is 3000. The smallest absolute Gasteiger partial charge is 0.304 e. The number of aromatic hydroxyl groups is 1.